The van der Waals surface area contributed by atoms with Gasteiger partial charge in [-0.15, -0.1) is 5.10 Å². The average Bonchev–Trinajstić information content (AvgIpc) is 2.17. The molecule has 1 aromatic carbocycles. The summed E-state index contributed by atoms with van der Waals surface area (Å²) in [5.74, 6) is -0.170. The van der Waals surface area contributed by atoms with Gasteiger partial charge in [0, 0.05) is 17.7 Å². The minimum atomic E-state index is -0.488. The number of nitrogens with two attached hydrogens (primary N) is 2. The fraction of sp³-hybridized carbons (Fsp3) is 0. The van der Waals surface area contributed by atoms with Gasteiger partial charge in [0.05, 0.1) is 11.1 Å². The summed E-state index contributed by atoms with van der Waals surface area (Å²) in [6, 6.07) is 5.96. The van der Waals surface area contributed by atoms with E-state index in [9.17, 15) is 10.1 Å². The fourth-order valence-corrected chi connectivity index (χ4v) is 0.881. The molecule has 15 heavy (non-hydrogen) atoms. The maximum Gasteiger partial charge on any atom is 0.270 e. The number of hydrogen-bond donors (Lipinski definition) is 2. The number of rotatable bonds is 3. The number of guanidine groups is 1. The predicted molar refractivity (Wildman–Crippen MR) is 56.5 cm³/mol. The van der Waals surface area contributed by atoms with Crippen molar-refractivity contribution >= 4 is 17.9 Å². The Morgan fingerprint density at radius 3 is 2.80 bits per heavy atom. The van der Waals surface area contributed by atoms with Gasteiger partial charge in [0.2, 0.25) is 5.96 Å². The molecule has 0 spiro atoms. The molecular weight excluding hydrogens is 198 g/mol. The molecule has 78 valence electrons. The van der Waals surface area contributed by atoms with E-state index in [1.54, 1.807) is 12.1 Å². The van der Waals surface area contributed by atoms with Crippen LogP contribution in [0.25, 0.3) is 0 Å². The summed E-state index contributed by atoms with van der Waals surface area (Å²) in [6.07, 6.45) is 1.33. The smallest absolute Gasteiger partial charge is 0.270 e. The molecule has 0 heterocycles. The van der Waals surface area contributed by atoms with Gasteiger partial charge in [-0.25, -0.2) is 0 Å². The van der Waals surface area contributed by atoms with Crippen LogP contribution in [0.4, 0.5) is 5.69 Å². The van der Waals surface area contributed by atoms with Crippen LogP contribution in [0, 0.1) is 10.1 Å². The van der Waals surface area contributed by atoms with E-state index in [2.05, 4.69) is 10.2 Å². The lowest BCUT2D eigenvalue weighted by atomic mass is 10.2. The van der Waals surface area contributed by atoms with Gasteiger partial charge in [-0.1, -0.05) is 12.1 Å². The lowest BCUT2D eigenvalue weighted by Crippen LogP contribution is -2.21. The highest BCUT2D eigenvalue weighted by atomic mass is 16.6. The molecule has 0 aliphatic rings. The van der Waals surface area contributed by atoms with Gasteiger partial charge in [-0.05, 0) is 0 Å². The highest BCUT2D eigenvalue weighted by Crippen LogP contribution is 2.11. The van der Waals surface area contributed by atoms with Crippen molar-refractivity contribution < 1.29 is 4.92 Å². The van der Waals surface area contributed by atoms with E-state index in [-0.39, 0.29) is 11.6 Å². The third-order valence-corrected chi connectivity index (χ3v) is 1.46. The molecule has 4 N–H and O–H groups in total. The zero-order valence-electron chi connectivity index (χ0n) is 7.70. The van der Waals surface area contributed by atoms with E-state index >= 15 is 0 Å². The first kappa shape index (κ1) is 10.6. The molecule has 0 amide bonds. The lowest BCUT2D eigenvalue weighted by Gasteiger charge is -1.92. The van der Waals surface area contributed by atoms with Crippen LogP contribution in [0.1, 0.15) is 5.56 Å². The Morgan fingerprint density at radius 2 is 2.20 bits per heavy atom. The van der Waals surface area contributed by atoms with Gasteiger partial charge in [0.15, 0.2) is 0 Å². The molecule has 1 aromatic rings. The molecule has 1 rings (SSSR count). The van der Waals surface area contributed by atoms with Crippen molar-refractivity contribution in [2.75, 3.05) is 0 Å². The van der Waals surface area contributed by atoms with Crippen LogP contribution in [0.3, 0.4) is 0 Å². The molecule has 0 saturated carbocycles. The Hall–Kier alpha value is -2.44. The molecule has 0 unspecified atom stereocenters. The van der Waals surface area contributed by atoms with Gasteiger partial charge >= 0.3 is 0 Å². The van der Waals surface area contributed by atoms with Crippen molar-refractivity contribution in [1.82, 2.24) is 0 Å². The third kappa shape index (κ3) is 3.43. The van der Waals surface area contributed by atoms with Gasteiger partial charge in [-0.3, -0.25) is 10.1 Å². The van der Waals surface area contributed by atoms with E-state index in [4.69, 9.17) is 11.5 Å². The first-order valence-corrected chi connectivity index (χ1v) is 3.96. The second-order valence-electron chi connectivity index (χ2n) is 2.62. The zero-order chi connectivity index (χ0) is 11.3. The second kappa shape index (κ2) is 4.70. The maximum atomic E-state index is 10.4. The molecule has 0 atom stereocenters. The van der Waals surface area contributed by atoms with Crippen LogP contribution in [0.15, 0.2) is 34.5 Å². The molecule has 0 aromatic heterocycles. The molecule has 0 bridgehead atoms. The summed E-state index contributed by atoms with van der Waals surface area (Å²) in [5, 5.41) is 17.3. The number of hydrogen-bond acceptors (Lipinski definition) is 4. The topological polar surface area (TPSA) is 120 Å². The van der Waals surface area contributed by atoms with Gasteiger partial charge in [0.1, 0.15) is 0 Å². The summed E-state index contributed by atoms with van der Waals surface area (Å²) in [6.45, 7) is 0. The van der Waals surface area contributed by atoms with E-state index in [1.807, 2.05) is 0 Å². The van der Waals surface area contributed by atoms with Crippen molar-refractivity contribution in [1.29, 1.82) is 0 Å². The molecule has 0 fully saturated rings. The Labute approximate surface area is 85.3 Å². The molecule has 7 nitrogen and oxygen atoms in total. The number of benzene rings is 1. The van der Waals surface area contributed by atoms with Crippen LogP contribution < -0.4 is 11.5 Å². The van der Waals surface area contributed by atoms with Crippen molar-refractivity contribution in [3.63, 3.8) is 0 Å². The quantitative estimate of drug-likeness (QED) is 0.318. The third-order valence-electron chi connectivity index (χ3n) is 1.46. The van der Waals surface area contributed by atoms with Crippen molar-refractivity contribution in [3.8, 4) is 0 Å². The summed E-state index contributed by atoms with van der Waals surface area (Å²) < 4.78 is 0. The average molecular weight is 207 g/mol. The molecule has 7 heteroatoms. The monoisotopic (exact) mass is 207 g/mol. The van der Waals surface area contributed by atoms with Crippen LogP contribution in [0.5, 0.6) is 0 Å². The lowest BCUT2D eigenvalue weighted by molar-refractivity contribution is -0.384. The first-order chi connectivity index (χ1) is 7.09. The first-order valence-electron chi connectivity index (χ1n) is 3.96. The van der Waals surface area contributed by atoms with Gasteiger partial charge in [0.25, 0.3) is 5.69 Å². The van der Waals surface area contributed by atoms with Crippen LogP contribution >= 0.6 is 0 Å². The SMILES string of the molecule is NC(N)=N/N=C\c1cccc([N+](=O)[O-])c1. The predicted octanol–water partition coefficient (Wildman–Crippen LogP) is 0.202. The van der Waals surface area contributed by atoms with E-state index < -0.39 is 4.92 Å². The summed E-state index contributed by atoms with van der Waals surface area (Å²) >= 11 is 0. The Balaban J connectivity index is 2.87. The van der Waals surface area contributed by atoms with Crippen LogP contribution in [-0.2, 0) is 0 Å². The van der Waals surface area contributed by atoms with Gasteiger partial charge < -0.3 is 11.5 Å². The van der Waals surface area contributed by atoms with Gasteiger partial charge in [-0.2, -0.15) is 5.10 Å². The number of nitro groups is 1. The molecule has 0 aliphatic carbocycles. The molecular formula is C8H9N5O2. The molecule has 0 saturated heterocycles. The fourth-order valence-electron chi connectivity index (χ4n) is 0.881. The second-order valence-corrected chi connectivity index (χ2v) is 2.62. The van der Waals surface area contributed by atoms with E-state index in [0.717, 1.165) is 0 Å². The van der Waals surface area contributed by atoms with Crippen molar-refractivity contribution in [2.45, 2.75) is 0 Å². The highest BCUT2D eigenvalue weighted by molar-refractivity contribution is 5.82. The van der Waals surface area contributed by atoms with Crippen LogP contribution in [0.2, 0.25) is 0 Å². The largest absolute Gasteiger partial charge is 0.369 e. The summed E-state index contributed by atoms with van der Waals surface area (Å²) in [5.41, 5.74) is 10.6. The zero-order valence-corrected chi connectivity index (χ0v) is 7.70. The Bertz CT molecular complexity index is 423. The highest BCUT2D eigenvalue weighted by Gasteiger charge is 2.03. The maximum absolute atomic E-state index is 10.4. The number of non-ortho nitro benzene ring substituents is 1. The molecule has 0 aliphatic heterocycles. The van der Waals surface area contributed by atoms with Crippen molar-refractivity contribution in [2.24, 2.45) is 21.7 Å². The Morgan fingerprint density at radius 1 is 1.47 bits per heavy atom. The van der Waals surface area contributed by atoms with Crippen molar-refractivity contribution in [3.05, 3.63) is 39.9 Å². The normalized spacial score (nSPS) is 10.1. The summed E-state index contributed by atoms with van der Waals surface area (Å²) in [4.78, 5) is 9.94. The standard InChI is InChI=1S/C8H9N5O2/c9-8(10)12-11-5-6-2-1-3-7(4-6)13(14)15/h1-5H,(H4,9,10,12)/b11-5-. The number of nitro benzene ring substituents is 1. The number of nitrogens with zero attached hydrogens (tertiary/aromatic N) is 3. The molecule has 0 radical (unpaired) electrons. The minimum absolute atomic E-state index is 0.0105. The van der Waals surface area contributed by atoms with E-state index in [0.29, 0.717) is 5.56 Å². The Kier molecular flexibility index (Phi) is 3.33. The minimum Gasteiger partial charge on any atom is -0.369 e. The van der Waals surface area contributed by atoms with E-state index in [1.165, 1.54) is 18.3 Å². The van der Waals surface area contributed by atoms with Crippen LogP contribution in [-0.4, -0.2) is 17.1 Å². The summed E-state index contributed by atoms with van der Waals surface area (Å²) in [7, 11) is 0.